The van der Waals surface area contributed by atoms with Crippen LogP contribution in [0.4, 0.5) is 26.3 Å². The first-order valence-corrected chi connectivity index (χ1v) is 11.0. The van der Waals surface area contributed by atoms with Crippen LogP contribution in [0, 0.1) is 6.92 Å². The Balaban J connectivity index is 2.24. The van der Waals surface area contributed by atoms with Gasteiger partial charge in [-0.3, -0.25) is 4.79 Å². The second kappa shape index (κ2) is 9.51. The fraction of sp³-hybridized carbons (Fsp3) is 0.500. The molecule has 6 nitrogen and oxygen atoms in total. The number of nitrogens with zero attached hydrogens (tertiary/aromatic N) is 2. The van der Waals surface area contributed by atoms with Crippen LogP contribution in [-0.2, 0) is 16.9 Å². The Kier molecular flexibility index (Phi) is 7.42. The number of benzene rings is 1. The van der Waals surface area contributed by atoms with E-state index in [1.54, 1.807) is 0 Å². The molecule has 1 aromatic carbocycles. The van der Waals surface area contributed by atoms with Gasteiger partial charge >= 0.3 is 12.4 Å². The van der Waals surface area contributed by atoms with E-state index in [2.05, 4.69) is 4.99 Å². The molecule has 14 heteroatoms. The number of carbonyl (C=O) groups excluding carboxylic acids is 1. The zero-order chi connectivity index (χ0) is 25.5. The molecule has 0 unspecified atom stereocenters. The fourth-order valence-corrected chi connectivity index (χ4v) is 4.97. The number of methoxy groups -OCH3 is 1. The van der Waals surface area contributed by atoms with Crippen LogP contribution in [0.25, 0.3) is 0 Å². The molecule has 0 bridgehead atoms. The van der Waals surface area contributed by atoms with Crippen molar-refractivity contribution in [1.82, 2.24) is 4.57 Å². The van der Waals surface area contributed by atoms with Crippen LogP contribution in [0.15, 0.2) is 23.2 Å². The summed E-state index contributed by atoms with van der Waals surface area (Å²) < 4.78 is 92.9. The Morgan fingerprint density at radius 2 is 1.94 bits per heavy atom. The minimum atomic E-state index is -6.08. The number of aromatic nitrogens is 1. The van der Waals surface area contributed by atoms with E-state index in [1.807, 2.05) is 0 Å². The molecule has 1 atom stereocenters. The summed E-state index contributed by atoms with van der Waals surface area (Å²) in [6.07, 6.45) is -11.5. The Bertz CT molecular complexity index is 1120. The first-order chi connectivity index (χ1) is 15.7. The molecule has 1 saturated heterocycles. The van der Waals surface area contributed by atoms with E-state index in [9.17, 15) is 36.2 Å². The highest BCUT2D eigenvalue weighted by atomic mass is 35.5. The predicted molar refractivity (Wildman–Crippen MR) is 110 cm³/mol. The van der Waals surface area contributed by atoms with Crippen LogP contribution in [0.3, 0.4) is 0 Å². The average Bonchev–Trinajstić information content (AvgIpc) is 3.35. The third-order valence-corrected chi connectivity index (χ3v) is 6.83. The maximum absolute atomic E-state index is 13.6. The Labute approximate surface area is 198 Å². The van der Waals surface area contributed by atoms with Gasteiger partial charge in [-0.15, -0.1) is 0 Å². The molecule has 1 aliphatic heterocycles. The first-order valence-electron chi connectivity index (χ1n) is 9.81. The maximum atomic E-state index is 13.6. The summed E-state index contributed by atoms with van der Waals surface area (Å²) in [6, 6.07) is 4.00. The van der Waals surface area contributed by atoms with E-state index in [4.69, 9.17) is 21.1 Å². The highest BCUT2D eigenvalue weighted by Crippen LogP contribution is 2.51. The molecule has 0 spiro atoms. The molecular weight excluding hydrogens is 514 g/mol. The van der Waals surface area contributed by atoms with Crippen LogP contribution in [0.1, 0.15) is 33.8 Å². The second-order valence-corrected chi connectivity index (χ2v) is 8.93. The van der Waals surface area contributed by atoms with Gasteiger partial charge in [0.25, 0.3) is 11.5 Å². The number of ether oxygens (including phenoxy) is 2. The van der Waals surface area contributed by atoms with Crippen molar-refractivity contribution >= 4 is 28.8 Å². The molecule has 188 valence electrons. The van der Waals surface area contributed by atoms with Gasteiger partial charge in [0.15, 0.2) is 4.80 Å². The summed E-state index contributed by atoms with van der Waals surface area (Å²) in [6.45, 7) is 1.21. The fourth-order valence-electron chi connectivity index (χ4n) is 3.52. The molecule has 1 aromatic heterocycles. The van der Waals surface area contributed by atoms with Crippen molar-refractivity contribution in [2.45, 2.75) is 50.4 Å². The number of aliphatic hydroxyl groups is 1. The lowest BCUT2D eigenvalue weighted by Crippen LogP contribution is -2.53. The minimum Gasteiger partial charge on any atom is -0.496 e. The standard InChI is InChI=1S/C20H19ClF6N2O4S/c1-10-15(18(31,19(22,23)24)20(25,26)27)34-17(29(10)9-12-4-3-7-33-12)28-16(30)13-8-11(21)5-6-14(13)32-2/h5-6,8,12,31H,3-4,7,9H2,1-2H3/t12-/m1/s1. The van der Waals surface area contributed by atoms with Gasteiger partial charge in [0.05, 0.1) is 30.2 Å². The molecule has 3 rings (SSSR count). The molecule has 2 heterocycles. The second-order valence-electron chi connectivity index (χ2n) is 7.51. The summed E-state index contributed by atoms with van der Waals surface area (Å²) in [7, 11) is 1.26. The molecule has 0 aliphatic carbocycles. The molecule has 1 N–H and O–H groups in total. The van der Waals surface area contributed by atoms with E-state index >= 15 is 0 Å². The molecule has 0 saturated carbocycles. The predicted octanol–water partition coefficient (Wildman–Crippen LogP) is 4.75. The number of amides is 1. The van der Waals surface area contributed by atoms with Crippen molar-refractivity contribution in [3.8, 4) is 5.75 Å². The van der Waals surface area contributed by atoms with Crippen LogP contribution >= 0.6 is 22.9 Å². The van der Waals surface area contributed by atoms with Crippen LogP contribution in [-0.4, -0.2) is 47.8 Å². The largest absolute Gasteiger partial charge is 0.496 e. The third kappa shape index (κ3) is 4.83. The lowest BCUT2D eigenvalue weighted by Gasteiger charge is -2.31. The van der Waals surface area contributed by atoms with Crippen LogP contribution in [0.2, 0.25) is 5.02 Å². The topological polar surface area (TPSA) is 73.0 Å². The van der Waals surface area contributed by atoms with Crippen molar-refractivity contribution in [2.24, 2.45) is 4.99 Å². The summed E-state index contributed by atoms with van der Waals surface area (Å²) >= 11 is 5.83. The van der Waals surface area contributed by atoms with Gasteiger partial charge in [-0.25, -0.2) is 0 Å². The molecule has 34 heavy (non-hydrogen) atoms. The monoisotopic (exact) mass is 532 g/mol. The summed E-state index contributed by atoms with van der Waals surface area (Å²) in [5.41, 5.74) is -5.84. The number of hydrogen-bond acceptors (Lipinski definition) is 5. The molecular formula is C20H19ClF6N2O4S. The number of alkyl halides is 6. The van der Waals surface area contributed by atoms with Crippen LogP contribution < -0.4 is 9.54 Å². The number of thiazole rings is 1. The van der Waals surface area contributed by atoms with E-state index < -0.39 is 45.3 Å². The normalized spacial score (nSPS) is 17.9. The molecule has 1 fully saturated rings. The minimum absolute atomic E-state index is 0.0550. The van der Waals surface area contributed by atoms with E-state index in [0.29, 0.717) is 19.4 Å². The number of carbonyl (C=O) groups is 1. The average molecular weight is 533 g/mol. The van der Waals surface area contributed by atoms with E-state index in [0.717, 1.165) is 11.5 Å². The maximum Gasteiger partial charge on any atom is 0.431 e. The lowest BCUT2D eigenvalue weighted by molar-refractivity contribution is -0.375. The van der Waals surface area contributed by atoms with Gasteiger partial charge < -0.3 is 19.1 Å². The zero-order valence-corrected chi connectivity index (χ0v) is 19.3. The van der Waals surface area contributed by atoms with Crippen LogP contribution in [0.5, 0.6) is 5.75 Å². The van der Waals surface area contributed by atoms with Gasteiger partial charge in [0.2, 0.25) is 0 Å². The SMILES string of the molecule is COc1ccc(Cl)cc1C(=O)N=c1sc(C(O)(C(F)(F)F)C(F)(F)F)c(C)n1C[C@H]1CCCO1. The van der Waals surface area contributed by atoms with E-state index in [1.165, 1.54) is 25.3 Å². The van der Waals surface area contributed by atoms with Gasteiger partial charge in [0, 0.05) is 17.3 Å². The quantitative estimate of drug-likeness (QED) is 0.564. The first kappa shape index (κ1) is 26.5. The van der Waals surface area contributed by atoms with Gasteiger partial charge in [-0.05, 0) is 38.0 Å². The van der Waals surface area contributed by atoms with E-state index in [-0.39, 0.29) is 34.2 Å². The molecule has 0 radical (unpaired) electrons. The number of hydrogen-bond donors (Lipinski definition) is 1. The zero-order valence-electron chi connectivity index (χ0n) is 17.8. The number of rotatable bonds is 5. The van der Waals surface area contributed by atoms with Gasteiger partial charge in [0.1, 0.15) is 5.75 Å². The van der Waals surface area contributed by atoms with Crippen molar-refractivity contribution in [1.29, 1.82) is 0 Å². The third-order valence-electron chi connectivity index (χ3n) is 5.31. The lowest BCUT2D eigenvalue weighted by atomic mass is 9.99. The smallest absolute Gasteiger partial charge is 0.431 e. The highest BCUT2D eigenvalue weighted by Gasteiger charge is 2.73. The molecule has 2 aromatic rings. The van der Waals surface area contributed by atoms with Crippen molar-refractivity contribution in [2.75, 3.05) is 13.7 Å². The number of halogens is 7. The molecule has 1 amide bonds. The van der Waals surface area contributed by atoms with Crippen molar-refractivity contribution < 1.29 is 45.7 Å². The Morgan fingerprint density at radius 1 is 1.29 bits per heavy atom. The summed E-state index contributed by atoms with van der Waals surface area (Å²) in [5.74, 6) is -0.949. The summed E-state index contributed by atoms with van der Waals surface area (Å²) in [5, 5.41) is 10.1. The molecule has 1 aliphatic rings. The van der Waals surface area contributed by atoms with Crippen molar-refractivity contribution in [3.63, 3.8) is 0 Å². The van der Waals surface area contributed by atoms with Gasteiger partial charge in [-0.2, -0.15) is 31.3 Å². The van der Waals surface area contributed by atoms with Crippen molar-refractivity contribution in [3.05, 3.63) is 44.2 Å². The van der Waals surface area contributed by atoms with Gasteiger partial charge in [-0.1, -0.05) is 22.9 Å². The Morgan fingerprint density at radius 3 is 2.47 bits per heavy atom. The summed E-state index contributed by atoms with van der Waals surface area (Å²) in [4.78, 5) is 14.7. The highest BCUT2D eigenvalue weighted by molar-refractivity contribution is 7.09. The Hall–Kier alpha value is -2.09.